The van der Waals surface area contributed by atoms with Crippen molar-refractivity contribution in [3.8, 4) is 0 Å². The van der Waals surface area contributed by atoms with Gasteiger partial charge in [-0.1, -0.05) is 36.4 Å². The molecule has 152 valence electrons. The highest BCUT2D eigenvalue weighted by Gasteiger charge is 2.36. The van der Waals surface area contributed by atoms with Crippen molar-refractivity contribution in [2.45, 2.75) is 37.9 Å². The molecule has 4 rings (SSSR count). The average Bonchev–Trinajstić information content (AvgIpc) is 3.29. The highest BCUT2D eigenvalue weighted by molar-refractivity contribution is 5.84. The molecule has 0 bridgehead atoms. The predicted molar refractivity (Wildman–Crippen MR) is 109 cm³/mol. The largest absolute Gasteiger partial charge is 0.352 e. The minimum Gasteiger partial charge on any atom is -0.352 e. The molecule has 3 unspecified atom stereocenters. The SMILES string of the molecule is O=C(NCc1ccccc1)C1CCCN(C(=O)C2CC(c3ccccn3)NN2)C1. The Morgan fingerprint density at radius 3 is 2.72 bits per heavy atom. The number of hydrazine groups is 1. The molecule has 3 atom stereocenters. The Hall–Kier alpha value is -2.77. The summed E-state index contributed by atoms with van der Waals surface area (Å²) in [5, 5.41) is 3.01. The summed E-state index contributed by atoms with van der Waals surface area (Å²) < 4.78 is 0. The summed E-state index contributed by atoms with van der Waals surface area (Å²) in [6.45, 7) is 1.70. The number of hydrogen-bond acceptors (Lipinski definition) is 5. The van der Waals surface area contributed by atoms with Crippen LogP contribution in [0.15, 0.2) is 54.7 Å². The van der Waals surface area contributed by atoms with Gasteiger partial charge in [0.05, 0.1) is 17.7 Å². The number of pyridine rings is 1. The van der Waals surface area contributed by atoms with Crippen LogP contribution in [0.2, 0.25) is 0 Å². The van der Waals surface area contributed by atoms with E-state index in [9.17, 15) is 9.59 Å². The second-order valence-electron chi connectivity index (χ2n) is 7.71. The molecule has 2 aromatic rings. The quantitative estimate of drug-likeness (QED) is 0.718. The fourth-order valence-electron chi connectivity index (χ4n) is 4.04. The summed E-state index contributed by atoms with van der Waals surface area (Å²) in [5.41, 5.74) is 8.29. The van der Waals surface area contributed by atoms with Crippen LogP contribution in [0.25, 0.3) is 0 Å². The zero-order valence-electron chi connectivity index (χ0n) is 16.4. The van der Waals surface area contributed by atoms with E-state index in [-0.39, 0.29) is 29.8 Å². The molecule has 2 aliphatic heterocycles. The Kier molecular flexibility index (Phi) is 6.17. The number of nitrogens with zero attached hydrogens (tertiary/aromatic N) is 2. The number of carbonyl (C=O) groups is 2. The summed E-state index contributed by atoms with van der Waals surface area (Å²) in [6, 6.07) is 15.4. The summed E-state index contributed by atoms with van der Waals surface area (Å²) >= 11 is 0. The number of carbonyl (C=O) groups excluding carboxylic acids is 2. The lowest BCUT2D eigenvalue weighted by atomic mass is 9.96. The molecule has 2 fully saturated rings. The Balaban J connectivity index is 1.30. The number of aromatic nitrogens is 1. The fraction of sp³-hybridized carbons (Fsp3) is 0.409. The number of benzene rings is 1. The molecule has 1 aromatic carbocycles. The summed E-state index contributed by atoms with van der Waals surface area (Å²) in [4.78, 5) is 31.8. The minimum atomic E-state index is -0.298. The molecule has 0 saturated carbocycles. The zero-order valence-corrected chi connectivity index (χ0v) is 16.4. The normalized spacial score (nSPS) is 24.3. The zero-order chi connectivity index (χ0) is 20.1. The van der Waals surface area contributed by atoms with E-state index >= 15 is 0 Å². The van der Waals surface area contributed by atoms with Crippen molar-refractivity contribution >= 4 is 11.8 Å². The van der Waals surface area contributed by atoms with Crippen LogP contribution in [0.3, 0.4) is 0 Å². The van der Waals surface area contributed by atoms with E-state index in [0.29, 0.717) is 26.1 Å². The fourth-order valence-corrected chi connectivity index (χ4v) is 4.04. The third kappa shape index (κ3) is 4.81. The van der Waals surface area contributed by atoms with Gasteiger partial charge in [0.25, 0.3) is 0 Å². The predicted octanol–water partition coefficient (Wildman–Crippen LogP) is 1.54. The summed E-state index contributed by atoms with van der Waals surface area (Å²) in [6.07, 6.45) is 4.07. The van der Waals surface area contributed by atoms with E-state index in [0.717, 1.165) is 24.1 Å². The summed E-state index contributed by atoms with van der Waals surface area (Å²) in [5.74, 6) is -0.0796. The molecule has 7 heteroatoms. The van der Waals surface area contributed by atoms with Crippen molar-refractivity contribution in [3.63, 3.8) is 0 Å². The van der Waals surface area contributed by atoms with Crippen molar-refractivity contribution in [1.29, 1.82) is 0 Å². The van der Waals surface area contributed by atoms with Gasteiger partial charge in [0.2, 0.25) is 11.8 Å². The van der Waals surface area contributed by atoms with E-state index in [4.69, 9.17) is 0 Å². The lowest BCUT2D eigenvalue weighted by molar-refractivity contribution is -0.137. The van der Waals surface area contributed by atoms with Crippen LogP contribution in [-0.4, -0.2) is 40.8 Å². The van der Waals surface area contributed by atoms with Crippen LogP contribution in [0, 0.1) is 5.92 Å². The monoisotopic (exact) mass is 393 g/mol. The third-order valence-corrected chi connectivity index (χ3v) is 5.66. The highest BCUT2D eigenvalue weighted by Crippen LogP contribution is 2.23. The van der Waals surface area contributed by atoms with Crippen LogP contribution in [-0.2, 0) is 16.1 Å². The molecule has 2 saturated heterocycles. The van der Waals surface area contributed by atoms with Gasteiger partial charge in [-0.3, -0.25) is 14.6 Å². The molecule has 0 radical (unpaired) electrons. The Morgan fingerprint density at radius 1 is 1.10 bits per heavy atom. The molecular formula is C22H27N5O2. The van der Waals surface area contributed by atoms with Gasteiger partial charge in [-0.2, -0.15) is 0 Å². The maximum Gasteiger partial charge on any atom is 0.241 e. The molecule has 0 spiro atoms. The molecule has 3 heterocycles. The first-order chi connectivity index (χ1) is 14.2. The molecule has 2 aliphatic rings. The molecule has 2 amide bonds. The van der Waals surface area contributed by atoms with Crippen molar-refractivity contribution in [2.75, 3.05) is 13.1 Å². The van der Waals surface area contributed by atoms with E-state index < -0.39 is 0 Å². The van der Waals surface area contributed by atoms with E-state index in [2.05, 4.69) is 21.2 Å². The van der Waals surface area contributed by atoms with E-state index in [1.807, 2.05) is 53.4 Å². The molecule has 1 aromatic heterocycles. The molecule has 3 N–H and O–H groups in total. The number of rotatable bonds is 5. The van der Waals surface area contributed by atoms with Crippen LogP contribution < -0.4 is 16.2 Å². The standard InChI is InChI=1S/C22H27N5O2/c28-21(24-14-16-7-2-1-3-8-16)17-9-6-12-27(15-17)22(29)20-13-19(25-26-20)18-10-4-5-11-23-18/h1-5,7-8,10-11,17,19-20,25-26H,6,9,12-15H2,(H,24,28). The van der Waals surface area contributed by atoms with Gasteiger partial charge in [0.1, 0.15) is 6.04 Å². The van der Waals surface area contributed by atoms with Crippen molar-refractivity contribution < 1.29 is 9.59 Å². The second-order valence-corrected chi connectivity index (χ2v) is 7.71. The first-order valence-electron chi connectivity index (χ1n) is 10.2. The van der Waals surface area contributed by atoms with Gasteiger partial charge in [0, 0.05) is 25.8 Å². The maximum atomic E-state index is 13.0. The van der Waals surface area contributed by atoms with Crippen molar-refractivity contribution in [1.82, 2.24) is 26.1 Å². The van der Waals surface area contributed by atoms with Gasteiger partial charge in [-0.15, -0.1) is 0 Å². The van der Waals surface area contributed by atoms with Gasteiger partial charge < -0.3 is 10.2 Å². The van der Waals surface area contributed by atoms with Crippen LogP contribution in [0.1, 0.15) is 36.6 Å². The molecule has 0 aliphatic carbocycles. The smallest absolute Gasteiger partial charge is 0.241 e. The van der Waals surface area contributed by atoms with Gasteiger partial charge >= 0.3 is 0 Å². The minimum absolute atomic E-state index is 0.0138. The highest BCUT2D eigenvalue weighted by atomic mass is 16.2. The molecule has 29 heavy (non-hydrogen) atoms. The number of amides is 2. The van der Waals surface area contributed by atoms with E-state index in [1.165, 1.54) is 0 Å². The number of likely N-dealkylation sites (tertiary alicyclic amines) is 1. The number of piperidine rings is 1. The lowest BCUT2D eigenvalue weighted by Crippen LogP contribution is -2.51. The topological polar surface area (TPSA) is 86.4 Å². The Morgan fingerprint density at radius 2 is 1.93 bits per heavy atom. The van der Waals surface area contributed by atoms with Crippen LogP contribution in [0.5, 0.6) is 0 Å². The Labute approximate surface area is 170 Å². The first kappa shape index (κ1) is 19.5. The van der Waals surface area contributed by atoms with Crippen molar-refractivity contribution in [3.05, 3.63) is 66.0 Å². The maximum absolute atomic E-state index is 13.0. The number of hydrogen-bond donors (Lipinski definition) is 3. The van der Waals surface area contributed by atoms with Crippen LogP contribution in [0.4, 0.5) is 0 Å². The van der Waals surface area contributed by atoms with E-state index in [1.54, 1.807) is 6.20 Å². The lowest BCUT2D eigenvalue weighted by Gasteiger charge is -2.33. The third-order valence-electron chi connectivity index (χ3n) is 5.66. The second kappa shape index (κ2) is 9.15. The molecular weight excluding hydrogens is 366 g/mol. The van der Waals surface area contributed by atoms with Gasteiger partial charge in [-0.25, -0.2) is 10.9 Å². The van der Waals surface area contributed by atoms with Crippen molar-refractivity contribution in [2.24, 2.45) is 5.92 Å². The average molecular weight is 393 g/mol. The van der Waals surface area contributed by atoms with Gasteiger partial charge in [0.15, 0.2) is 0 Å². The summed E-state index contributed by atoms with van der Waals surface area (Å²) in [7, 11) is 0. The van der Waals surface area contributed by atoms with Gasteiger partial charge in [-0.05, 0) is 37.0 Å². The molecule has 7 nitrogen and oxygen atoms in total. The first-order valence-corrected chi connectivity index (χ1v) is 10.2. The Bertz CT molecular complexity index is 830. The number of nitrogens with one attached hydrogen (secondary N) is 3. The van der Waals surface area contributed by atoms with Crippen LogP contribution >= 0.6 is 0 Å².